The summed E-state index contributed by atoms with van der Waals surface area (Å²) in [6, 6.07) is 10.00. The van der Waals surface area contributed by atoms with Gasteiger partial charge in [0.05, 0.1) is 24.2 Å². The number of phenols is 1. The normalized spacial score (nSPS) is 10.9. The molecule has 0 radical (unpaired) electrons. The lowest BCUT2D eigenvalue weighted by Gasteiger charge is -2.01. The molecule has 8 heteroatoms. The fourth-order valence-electron chi connectivity index (χ4n) is 2.14. The maximum atomic E-state index is 12.0. The number of nitrogens with zero attached hydrogens (tertiary/aromatic N) is 2. The molecule has 126 valence electrons. The number of amides is 1. The summed E-state index contributed by atoms with van der Waals surface area (Å²) < 4.78 is 1.76. The molecule has 0 fully saturated rings. The Morgan fingerprint density at radius 2 is 2.00 bits per heavy atom. The first-order valence-corrected chi connectivity index (χ1v) is 8.19. The van der Waals surface area contributed by atoms with Crippen molar-refractivity contribution in [1.29, 1.82) is 0 Å². The van der Waals surface area contributed by atoms with Gasteiger partial charge in [-0.2, -0.15) is 10.1 Å². The van der Waals surface area contributed by atoms with E-state index in [1.807, 2.05) is 31.5 Å². The summed E-state index contributed by atoms with van der Waals surface area (Å²) in [5.74, 6) is -0.102. The number of aromatic nitrogens is 2. The molecule has 3 N–H and O–H groups in total. The van der Waals surface area contributed by atoms with E-state index in [0.29, 0.717) is 10.7 Å². The third kappa shape index (κ3) is 3.81. The van der Waals surface area contributed by atoms with Gasteiger partial charge >= 0.3 is 10.7 Å². The molecule has 0 atom stereocenters. The molecule has 0 saturated heterocycles. The van der Waals surface area contributed by atoms with E-state index in [1.165, 1.54) is 18.3 Å². The monoisotopic (exact) mass is 355 g/mol. The third-order valence-corrected chi connectivity index (χ3v) is 4.21. The molecule has 2 heterocycles. The molecule has 3 aromatic rings. The highest BCUT2D eigenvalue weighted by atomic mass is 32.1. The lowest BCUT2D eigenvalue weighted by molar-refractivity contribution is -0.599. The van der Waals surface area contributed by atoms with Crippen molar-refractivity contribution in [2.24, 2.45) is 5.10 Å². The van der Waals surface area contributed by atoms with Crippen LogP contribution in [-0.4, -0.2) is 22.2 Å². The summed E-state index contributed by atoms with van der Waals surface area (Å²) in [4.78, 5) is 26.8. The highest BCUT2D eigenvalue weighted by Gasteiger charge is 2.16. The lowest BCUT2D eigenvalue weighted by atomic mass is 10.2. The van der Waals surface area contributed by atoms with E-state index in [1.54, 1.807) is 16.7 Å². The zero-order valence-electron chi connectivity index (χ0n) is 13.3. The van der Waals surface area contributed by atoms with Crippen LogP contribution in [0.2, 0.25) is 0 Å². The zero-order valence-corrected chi connectivity index (χ0v) is 14.1. The Labute approximate surface area is 146 Å². The molecule has 0 aliphatic rings. The molecule has 25 heavy (non-hydrogen) atoms. The number of aryl methyl sites for hydroxylation is 1. The molecule has 2 aromatic heterocycles. The van der Waals surface area contributed by atoms with Crippen molar-refractivity contribution in [2.75, 3.05) is 0 Å². The second-order valence-electron chi connectivity index (χ2n) is 5.23. The Bertz CT molecular complexity index is 990. The largest absolute Gasteiger partial charge is 0.507 e. The van der Waals surface area contributed by atoms with Gasteiger partial charge in [-0.3, -0.25) is 4.79 Å². The molecule has 0 aliphatic carbocycles. The molecule has 1 aromatic carbocycles. The number of carbonyl (C=O) groups excluding carboxylic acids is 1. The summed E-state index contributed by atoms with van der Waals surface area (Å²) in [6.45, 7) is 1.97. The van der Waals surface area contributed by atoms with Crippen LogP contribution >= 0.6 is 11.3 Å². The second-order valence-corrected chi connectivity index (χ2v) is 6.24. The fourth-order valence-corrected chi connectivity index (χ4v) is 2.84. The molecule has 0 bridgehead atoms. The van der Waals surface area contributed by atoms with Crippen molar-refractivity contribution >= 4 is 23.5 Å². The number of rotatable bonds is 4. The number of thiazole rings is 1. The molecule has 3 rings (SSSR count). The van der Waals surface area contributed by atoms with Gasteiger partial charge in [0.15, 0.2) is 0 Å². The van der Waals surface area contributed by atoms with Crippen LogP contribution < -0.4 is 14.9 Å². The van der Waals surface area contributed by atoms with E-state index in [-0.39, 0.29) is 16.2 Å². The van der Waals surface area contributed by atoms with Gasteiger partial charge in [-0.1, -0.05) is 12.1 Å². The number of nitrogens with one attached hydrogen (secondary N) is 2. The van der Waals surface area contributed by atoms with Crippen LogP contribution in [0.1, 0.15) is 20.8 Å². The van der Waals surface area contributed by atoms with E-state index < -0.39 is 5.91 Å². The number of phenolic OH excluding ortho intramolecular Hbond substituents is 1. The maximum Gasteiger partial charge on any atom is 0.390 e. The van der Waals surface area contributed by atoms with Gasteiger partial charge in [0.2, 0.25) is 0 Å². The van der Waals surface area contributed by atoms with Gasteiger partial charge in [-0.25, -0.2) is 14.8 Å². The average Bonchev–Trinajstić information content (AvgIpc) is 2.96. The zero-order chi connectivity index (χ0) is 17.8. The Morgan fingerprint density at radius 1 is 1.28 bits per heavy atom. The molecule has 0 saturated carbocycles. The van der Waals surface area contributed by atoms with E-state index in [4.69, 9.17) is 0 Å². The van der Waals surface area contributed by atoms with Crippen molar-refractivity contribution in [3.05, 3.63) is 74.5 Å². The number of hydrogen-bond acceptors (Lipinski definition) is 5. The first-order chi connectivity index (χ1) is 12.0. The van der Waals surface area contributed by atoms with Crippen LogP contribution in [-0.2, 0) is 0 Å². The number of para-hydroxylation sites is 1. The summed E-state index contributed by atoms with van der Waals surface area (Å²) in [7, 11) is 0. The lowest BCUT2D eigenvalue weighted by Crippen LogP contribution is -2.31. The molecule has 0 unspecified atom stereocenters. The van der Waals surface area contributed by atoms with Crippen LogP contribution in [0.25, 0.3) is 5.82 Å². The number of hydrogen-bond donors (Lipinski definition) is 3. The van der Waals surface area contributed by atoms with Crippen LogP contribution in [0.5, 0.6) is 5.75 Å². The predicted molar refractivity (Wildman–Crippen MR) is 94.4 cm³/mol. The summed E-state index contributed by atoms with van der Waals surface area (Å²) in [5, 5.41) is 13.5. The number of benzene rings is 1. The predicted octanol–water partition coefficient (Wildman–Crippen LogP) is 1.49. The van der Waals surface area contributed by atoms with Gasteiger partial charge in [-0.05, 0) is 48.1 Å². The van der Waals surface area contributed by atoms with Crippen molar-refractivity contribution in [3.63, 3.8) is 0 Å². The number of H-pyrrole nitrogens is 1. The molecule has 0 spiro atoms. The van der Waals surface area contributed by atoms with Crippen LogP contribution in [0.4, 0.5) is 0 Å². The van der Waals surface area contributed by atoms with E-state index in [0.717, 1.165) is 16.9 Å². The van der Waals surface area contributed by atoms with Gasteiger partial charge in [0, 0.05) is 0 Å². The Kier molecular flexibility index (Phi) is 4.71. The number of aromatic amines is 1. The maximum absolute atomic E-state index is 12.0. The fraction of sp³-hybridized carbons (Fsp3) is 0.0588. The van der Waals surface area contributed by atoms with Crippen molar-refractivity contribution < 1.29 is 14.5 Å². The quantitative estimate of drug-likeness (QED) is 0.376. The minimum atomic E-state index is -0.540. The van der Waals surface area contributed by atoms with Gasteiger partial charge in [0.1, 0.15) is 10.6 Å². The Morgan fingerprint density at radius 3 is 2.72 bits per heavy atom. The second kappa shape index (κ2) is 7.10. The molecule has 0 aliphatic heterocycles. The highest BCUT2D eigenvalue weighted by molar-refractivity contribution is 7.11. The summed E-state index contributed by atoms with van der Waals surface area (Å²) in [6.07, 6.45) is 5.04. The van der Waals surface area contributed by atoms with Crippen LogP contribution in [0.15, 0.2) is 58.7 Å². The van der Waals surface area contributed by atoms with E-state index >= 15 is 0 Å². The third-order valence-electron chi connectivity index (χ3n) is 3.41. The molecule has 7 nitrogen and oxygen atoms in total. The molecular formula is C17H15N4O3S+. The van der Waals surface area contributed by atoms with E-state index in [9.17, 15) is 14.7 Å². The highest BCUT2D eigenvalue weighted by Crippen LogP contribution is 2.15. The van der Waals surface area contributed by atoms with Crippen molar-refractivity contribution in [2.45, 2.75) is 6.92 Å². The first-order valence-electron chi connectivity index (χ1n) is 7.37. The number of hydrazone groups is 1. The van der Waals surface area contributed by atoms with Crippen molar-refractivity contribution in [3.8, 4) is 11.6 Å². The van der Waals surface area contributed by atoms with Gasteiger partial charge in [0.25, 0.3) is 5.91 Å². The minimum Gasteiger partial charge on any atom is -0.507 e. The Balaban J connectivity index is 1.80. The standard InChI is InChI=1S/C17H14N4O3S/c1-11-6-8-21(9-7-11)15-14(25-17(24)19-15)10-18-20-16(23)12-4-2-3-5-13(12)22/h2-10H,1H3,(H2-,18,19,20,22,23,24)/p+1. The van der Waals surface area contributed by atoms with Gasteiger partial charge < -0.3 is 5.11 Å². The minimum absolute atomic E-state index is 0.120. The number of aromatic hydroxyl groups is 1. The smallest absolute Gasteiger partial charge is 0.390 e. The number of pyridine rings is 1. The number of carbonyl (C=O) groups is 1. The first kappa shape index (κ1) is 16.6. The van der Waals surface area contributed by atoms with Crippen molar-refractivity contribution in [1.82, 2.24) is 10.4 Å². The topological polar surface area (TPSA) is 98.4 Å². The molecule has 1 amide bonds. The SMILES string of the molecule is Cc1cc[n+](-c2[nH]c(=O)sc2/C=N/NC(=O)c2ccccc2O)cc1. The van der Waals surface area contributed by atoms with E-state index in [2.05, 4.69) is 15.5 Å². The van der Waals surface area contributed by atoms with Gasteiger partial charge in [-0.15, -0.1) is 0 Å². The Hall–Kier alpha value is -3.26. The van der Waals surface area contributed by atoms with Crippen LogP contribution in [0.3, 0.4) is 0 Å². The summed E-state index contributed by atoms with van der Waals surface area (Å²) in [5.41, 5.74) is 3.55. The molecular weight excluding hydrogens is 340 g/mol. The average molecular weight is 355 g/mol. The summed E-state index contributed by atoms with van der Waals surface area (Å²) >= 11 is 0.982. The van der Waals surface area contributed by atoms with Crippen LogP contribution in [0, 0.1) is 6.92 Å².